The van der Waals surface area contributed by atoms with Gasteiger partial charge in [-0.15, -0.1) is 15.3 Å². The summed E-state index contributed by atoms with van der Waals surface area (Å²) in [6, 6.07) is 6.21. The molecule has 0 aliphatic rings. The van der Waals surface area contributed by atoms with E-state index in [9.17, 15) is 4.79 Å². The zero-order chi connectivity index (χ0) is 19.4. The van der Waals surface area contributed by atoms with Crippen LogP contribution in [0.1, 0.15) is 36.8 Å². The molecule has 0 unspecified atom stereocenters. The predicted octanol–water partition coefficient (Wildman–Crippen LogP) is 4.14. The summed E-state index contributed by atoms with van der Waals surface area (Å²) < 4.78 is 6.06. The van der Waals surface area contributed by atoms with Gasteiger partial charge in [0.05, 0.1) is 5.75 Å². The average Bonchev–Trinajstić information content (AvgIpc) is 3.26. The number of carbonyl (C=O) groups is 1. The summed E-state index contributed by atoms with van der Waals surface area (Å²) in [7, 11) is 0. The Morgan fingerprint density at radius 3 is 2.59 bits per heavy atom. The number of hydrogen-bond donors (Lipinski definition) is 2. The third kappa shape index (κ3) is 5.04. The number of carbonyl (C=O) groups excluding carboxylic acids is 1. The number of hydrogen-bond acceptors (Lipinski definition) is 9. The fourth-order valence-corrected chi connectivity index (χ4v) is 3.79. The highest BCUT2D eigenvalue weighted by molar-refractivity contribution is 8.01. The number of thioether (sulfide) groups is 1. The molecule has 3 aromatic rings. The van der Waals surface area contributed by atoms with Gasteiger partial charge in [-0.1, -0.05) is 60.2 Å². The normalized spacial score (nSPS) is 11.0. The van der Waals surface area contributed by atoms with Crippen LogP contribution in [0.25, 0.3) is 0 Å². The molecule has 0 spiro atoms. The number of nitrogens with one attached hydrogen (secondary N) is 2. The van der Waals surface area contributed by atoms with E-state index in [1.807, 2.05) is 45.9 Å². The molecule has 1 amide bonds. The van der Waals surface area contributed by atoms with Gasteiger partial charge >= 0.3 is 6.01 Å². The maximum absolute atomic E-state index is 12.0. The van der Waals surface area contributed by atoms with E-state index in [1.165, 1.54) is 23.1 Å². The molecule has 0 fully saturated rings. The van der Waals surface area contributed by atoms with Crippen LogP contribution in [0, 0.1) is 13.8 Å². The van der Waals surface area contributed by atoms with Gasteiger partial charge in [-0.25, -0.2) is 0 Å². The van der Waals surface area contributed by atoms with Crippen molar-refractivity contribution in [2.45, 2.75) is 38.0 Å². The van der Waals surface area contributed by atoms with Crippen molar-refractivity contribution in [1.29, 1.82) is 0 Å². The van der Waals surface area contributed by atoms with E-state index in [0.717, 1.165) is 16.8 Å². The van der Waals surface area contributed by atoms with Crippen LogP contribution in [0.2, 0.25) is 0 Å². The largest absolute Gasteiger partial charge is 0.408 e. The molecule has 0 radical (unpaired) electrons. The van der Waals surface area contributed by atoms with Crippen molar-refractivity contribution >= 4 is 45.8 Å². The number of anilines is 3. The Labute approximate surface area is 165 Å². The minimum atomic E-state index is -0.238. The Hall–Kier alpha value is -2.46. The molecule has 142 valence electrons. The van der Waals surface area contributed by atoms with Crippen LogP contribution in [0.5, 0.6) is 0 Å². The fourth-order valence-electron chi connectivity index (χ4n) is 2.24. The van der Waals surface area contributed by atoms with Gasteiger partial charge in [0, 0.05) is 11.6 Å². The molecule has 8 nitrogen and oxygen atoms in total. The van der Waals surface area contributed by atoms with Crippen LogP contribution in [0.15, 0.2) is 27.0 Å². The average molecular weight is 405 g/mol. The molecule has 0 saturated carbocycles. The molecule has 0 bridgehead atoms. The molecule has 0 aliphatic carbocycles. The van der Waals surface area contributed by atoms with Gasteiger partial charge in [-0.2, -0.15) is 0 Å². The summed E-state index contributed by atoms with van der Waals surface area (Å²) in [5.74, 6) is 0.543. The van der Waals surface area contributed by atoms with Crippen LogP contribution in [-0.2, 0) is 4.79 Å². The molecule has 0 saturated heterocycles. The van der Waals surface area contributed by atoms with E-state index >= 15 is 0 Å². The molecule has 2 N–H and O–H groups in total. The van der Waals surface area contributed by atoms with Crippen molar-refractivity contribution in [3.8, 4) is 0 Å². The zero-order valence-corrected chi connectivity index (χ0v) is 17.1. The van der Waals surface area contributed by atoms with Gasteiger partial charge in [0.1, 0.15) is 0 Å². The first-order chi connectivity index (χ1) is 12.9. The van der Waals surface area contributed by atoms with Gasteiger partial charge < -0.3 is 9.73 Å². The van der Waals surface area contributed by atoms with Crippen LogP contribution >= 0.6 is 23.1 Å². The minimum absolute atomic E-state index is 0.110. The Morgan fingerprint density at radius 1 is 1.19 bits per heavy atom. The van der Waals surface area contributed by atoms with Crippen LogP contribution < -0.4 is 10.6 Å². The zero-order valence-electron chi connectivity index (χ0n) is 15.4. The molecule has 0 atom stereocenters. The quantitative estimate of drug-likeness (QED) is 0.566. The van der Waals surface area contributed by atoms with E-state index in [-0.39, 0.29) is 23.6 Å². The summed E-state index contributed by atoms with van der Waals surface area (Å²) in [5.41, 5.74) is 3.30. The van der Waals surface area contributed by atoms with E-state index in [1.54, 1.807) is 0 Å². The number of aromatic nitrogens is 4. The number of aryl methyl sites for hydroxylation is 2. The summed E-state index contributed by atoms with van der Waals surface area (Å²) in [6.07, 6.45) is 0. The maximum Gasteiger partial charge on any atom is 0.322 e. The summed E-state index contributed by atoms with van der Waals surface area (Å²) in [5, 5.41) is 22.5. The Kier molecular flexibility index (Phi) is 6.07. The Morgan fingerprint density at radius 2 is 1.93 bits per heavy atom. The number of amides is 1. The van der Waals surface area contributed by atoms with Gasteiger partial charge in [-0.05, 0) is 25.0 Å². The van der Waals surface area contributed by atoms with Crippen LogP contribution in [-0.4, -0.2) is 32.1 Å². The lowest BCUT2D eigenvalue weighted by Gasteiger charge is -2.09. The number of benzene rings is 1. The third-order valence-electron chi connectivity index (χ3n) is 3.63. The second kappa shape index (κ2) is 8.49. The molecular formula is C17H20N6O2S2. The second-order valence-electron chi connectivity index (χ2n) is 6.20. The van der Waals surface area contributed by atoms with Crippen LogP contribution in [0.3, 0.4) is 0 Å². The third-order valence-corrected chi connectivity index (χ3v) is 5.60. The molecule has 2 aromatic heterocycles. The summed E-state index contributed by atoms with van der Waals surface area (Å²) in [6.45, 7) is 7.96. The SMILES string of the molecule is Cc1cccc(C)c1Nc1nnc(SCC(=O)Nc2nnc(C(C)C)o2)s1. The van der Waals surface area contributed by atoms with Gasteiger partial charge in [-0.3, -0.25) is 10.1 Å². The first-order valence-electron chi connectivity index (χ1n) is 8.35. The topological polar surface area (TPSA) is 106 Å². The number of para-hydroxylation sites is 1. The van der Waals surface area contributed by atoms with Crippen molar-refractivity contribution in [2.24, 2.45) is 0 Å². The van der Waals surface area contributed by atoms with E-state index in [2.05, 4.69) is 31.0 Å². The van der Waals surface area contributed by atoms with Crippen molar-refractivity contribution < 1.29 is 9.21 Å². The summed E-state index contributed by atoms with van der Waals surface area (Å²) in [4.78, 5) is 12.0. The lowest BCUT2D eigenvalue weighted by molar-refractivity contribution is -0.113. The first-order valence-corrected chi connectivity index (χ1v) is 10.2. The highest BCUT2D eigenvalue weighted by atomic mass is 32.2. The Bertz CT molecular complexity index is 917. The minimum Gasteiger partial charge on any atom is -0.408 e. The monoisotopic (exact) mass is 404 g/mol. The molecule has 10 heteroatoms. The molecule has 3 rings (SSSR count). The Balaban J connectivity index is 1.54. The van der Waals surface area contributed by atoms with Crippen molar-refractivity contribution in [2.75, 3.05) is 16.4 Å². The van der Waals surface area contributed by atoms with E-state index < -0.39 is 0 Å². The number of nitrogens with zero attached hydrogens (tertiary/aromatic N) is 4. The van der Waals surface area contributed by atoms with Crippen molar-refractivity contribution in [3.63, 3.8) is 0 Å². The van der Waals surface area contributed by atoms with Crippen molar-refractivity contribution in [1.82, 2.24) is 20.4 Å². The molecule has 2 heterocycles. The van der Waals surface area contributed by atoms with E-state index in [4.69, 9.17) is 4.42 Å². The van der Waals surface area contributed by atoms with E-state index in [0.29, 0.717) is 15.4 Å². The lowest BCUT2D eigenvalue weighted by Crippen LogP contribution is -2.14. The molecule has 0 aliphatic heterocycles. The predicted molar refractivity (Wildman–Crippen MR) is 107 cm³/mol. The highest BCUT2D eigenvalue weighted by Gasteiger charge is 2.14. The lowest BCUT2D eigenvalue weighted by atomic mass is 10.1. The molecule has 27 heavy (non-hydrogen) atoms. The van der Waals surface area contributed by atoms with Crippen LogP contribution in [0.4, 0.5) is 16.8 Å². The fraction of sp³-hybridized carbons (Fsp3) is 0.353. The smallest absolute Gasteiger partial charge is 0.322 e. The molecule has 1 aromatic carbocycles. The number of rotatable bonds is 7. The summed E-state index contributed by atoms with van der Waals surface area (Å²) >= 11 is 2.70. The van der Waals surface area contributed by atoms with Crippen molar-refractivity contribution in [3.05, 3.63) is 35.2 Å². The second-order valence-corrected chi connectivity index (χ2v) is 8.40. The first kappa shape index (κ1) is 19.3. The standard InChI is InChI=1S/C17H20N6O2S2/c1-9(2)14-20-21-15(25-14)18-12(24)8-26-17-23-22-16(27-17)19-13-10(3)6-5-7-11(13)4/h5-7,9H,8H2,1-4H3,(H,19,22)(H,18,21,24). The maximum atomic E-state index is 12.0. The molecular weight excluding hydrogens is 384 g/mol. The van der Waals surface area contributed by atoms with Gasteiger partial charge in [0.15, 0.2) is 4.34 Å². The highest BCUT2D eigenvalue weighted by Crippen LogP contribution is 2.30. The van der Waals surface area contributed by atoms with Gasteiger partial charge in [0.2, 0.25) is 16.9 Å². The van der Waals surface area contributed by atoms with Gasteiger partial charge in [0.25, 0.3) is 0 Å².